The van der Waals surface area contributed by atoms with Gasteiger partial charge in [-0.1, -0.05) is 18.2 Å². The van der Waals surface area contributed by atoms with E-state index in [1.165, 1.54) is 12.1 Å². The van der Waals surface area contributed by atoms with Crippen LogP contribution in [-0.4, -0.2) is 50.5 Å². The maximum Gasteiger partial charge on any atom is 0.263 e. The molecule has 1 aromatic heterocycles. The van der Waals surface area contributed by atoms with E-state index in [-0.39, 0.29) is 22.4 Å². The zero-order chi connectivity index (χ0) is 21.7. The minimum absolute atomic E-state index is 0.0444. The van der Waals surface area contributed by atoms with Crippen molar-refractivity contribution in [2.45, 2.75) is 11.3 Å². The molecule has 0 unspecified atom stereocenters. The summed E-state index contributed by atoms with van der Waals surface area (Å²) < 4.78 is 38.8. The van der Waals surface area contributed by atoms with Crippen molar-refractivity contribution in [2.24, 2.45) is 0 Å². The Hall–Kier alpha value is -2.95. The Balaban J connectivity index is 1.38. The van der Waals surface area contributed by atoms with Crippen molar-refractivity contribution >= 4 is 32.4 Å². The molecule has 31 heavy (non-hydrogen) atoms. The predicted molar refractivity (Wildman–Crippen MR) is 117 cm³/mol. The first kappa shape index (κ1) is 21.3. The fourth-order valence-corrected chi connectivity index (χ4v) is 4.96. The van der Waals surface area contributed by atoms with Crippen molar-refractivity contribution < 1.29 is 22.7 Å². The molecule has 3 aromatic rings. The Morgan fingerprint density at radius 2 is 1.74 bits per heavy atom. The van der Waals surface area contributed by atoms with Gasteiger partial charge in [0, 0.05) is 18.5 Å². The first-order valence-electron chi connectivity index (χ1n) is 9.65. The highest BCUT2D eigenvalue weighted by molar-refractivity contribution is 7.93. The molecule has 1 fully saturated rings. The van der Waals surface area contributed by atoms with Crippen LogP contribution in [0.4, 0.5) is 5.13 Å². The number of anilines is 1. The lowest BCUT2D eigenvalue weighted by Gasteiger charge is -2.26. The molecule has 1 amide bonds. The van der Waals surface area contributed by atoms with E-state index in [9.17, 15) is 13.2 Å². The highest BCUT2D eigenvalue weighted by atomic mass is 32.2. The third-order valence-electron chi connectivity index (χ3n) is 4.58. The van der Waals surface area contributed by atoms with Crippen LogP contribution < -0.4 is 9.46 Å². The van der Waals surface area contributed by atoms with Crippen LogP contribution in [0.3, 0.4) is 0 Å². The number of benzene rings is 2. The molecule has 8 nitrogen and oxygen atoms in total. The predicted octanol–water partition coefficient (Wildman–Crippen LogP) is 3.14. The van der Waals surface area contributed by atoms with E-state index in [4.69, 9.17) is 9.47 Å². The number of hydrogen-bond donors (Lipinski definition) is 1. The molecule has 1 aliphatic rings. The quantitative estimate of drug-likeness (QED) is 0.583. The third kappa shape index (κ3) is 5.60. The highest BCUT2D eigenvalue weighted by Crippen LogP contribution is 2.25. The van der Waals surface area contributed by atoms with Crippen LogP contribution in [0.1, 0.15) is 5.69 Å². The van der Waals surface area contributed by atoms with Gasteiger partial charge in [-0.2, -0.15) is 0 Å². The van der Waals surface area contributed by atoms with E-state index in [1.807, 2.05) is 30.3 Å². The molecule has 0 bridgehead atoms. The van der Waals surface area contributed by atoms with E-state index >= 15 is 0 Å². The second-order valence-electron chi connectivity index (χ2n) is 6.81. The Labute approximate surface area is 184 Å². The standard InChI is InChI=1S/C21H21N3O5S2/c25-20(24-10-12-28-13-11-24)14-16-15-30-21(22-16)23-31(26,27)19-8-6-18(7-9-19)29-17-4-2-1-3-5-17/h1-9,15H,10-14H2,(H,22,23). The second-order valence-corrected chi connectivity index (χ2v) is 9.35. The maximum atomic E-state index is 12.7. The van der Waals surface area contributed by atoms with Gasteiger partial charge in [0.1, 0.15) is 11.5 Å². The summed E-state index contributed by atoms with van der Waals surface area (Å²) in [6.45, 7) is 2.19. The van der Waals surface area contributed by atoms with Crippen LogP contribution in [0.25, 0.3) is 0 Å². The number of ether oxygens (including phenoxy) is 2. The number of amides is 1. The largest absolute Gasteiger partial charge is 0.457 e. The number of carbonyl (C=O) groups excluding carboxylic acids is 1. The number of sulfonamides is 1. The molecule has 1 saturated heterocycles. The summed E-state index contributed by atoms with van der Waals surface area (Å²) in [5, 5.41) is 1.90. The average molecular weight is 460 g/mol. The number of rotatable bonds is 7. The smallest absolute Gasteiger partial charge is 0.263 e. The van der Waals surface area contributed by atoms with Crippen LogP contribution in [0.5, 0.6) is 11.5 Å². The average Bonchev–Trinajstić information content (AvgIpc) is 3.21. The van der Waals surface area contributed by atoms with Crippen LogP contribution in [0.2, 0.25) is 0 Å². The second kappa shape index (κ2) is 9.46. The number of carbonyl (C=O) groups is 1. The fraction of sp³-hybridized carbons (Fsp3) is 0.238. The molecule has 0 radical (unpaired) electrons. The summed E-state index contributed by atoms with van der Waals surface area (Å²) >= 11 is 1.14. The Morgan fingerprint density at radius 1 is 1.06 bits per heavy atom. The lowest BCUT2D eigenvalue weighted by Crippen LogP contribution is -2.41. The van der Waals surface area contributed by atoms with Gasteiger partial charge in [0.05, 0.1) is 30.2 Å². The van der Waals surface area contributed by atoms with Crippen molar-refractivity contribution in [3.63, 3.8) is 0 Å². The van der Waals surface area contributed by atoms with Gasteiger partial charge >= 0.3 is 0 Å². The Morgan fingerprint density at radius 3 is 2.45 bits per heavy atom. The fourth-order valence-electron chi connectivity index (χ4n) is 3.00. The van der Waals surface area contributed by atoms with Crippen molar-refractivity contribution in [1.29, 1.82) is 0 Å². The minimum atomic E-state index is -3.81. The van der Waals surface area contributed by atoms with Crippen molar-refractivity contribution in [1.82, 2.24) is 9.88 Å². The number of nitrogens with zero attached hydrogens (tertiary/aromatic N) is 2. The van der Waals surface area contributed by atoms with E-state index in [1.54, 1.807) is 22.4 Å². The molecule has 1 N–H and O–H groups in total. The summed E-state index contributed by atoms with van der Waals surface area (Å²) in [4.78, 5) is 18.4. The normalized spacial score (nSPS) is 14.3. The summed E-state index contributed by atoms with van der Waals surface area (Å²) in [5.74, 6) is 1.15. The van der Waals surface area contributed by atoms with Crippen molar-refractivity contribution in [3.05, 3.63) is 65.7 Å². The van der Waals surface area contributed by atoms with Crippen molar-refractivity contribution in [3.8, 4) is 11.5 Å². The van der Waals surface area contributed by atoms with Crippen LogP contribution in [-0.2, 0) is 26.0 Å². The summed E-state index contributed by atoms with van der Waals surface area (Å²) in [7, 11) is -3.81. The van der Waals surface area contributed by atoms with Gasteiger partial charge in [-0.3, -0.25) is 9.52 Å². The van der Waals surface area contributed by atoms with Crippen molar-refractivity contribution in [2.75, 3.05) is 31.0 Å². The summed E-state index contributed by atoms with van der Waals surface area (Å²) in [6.07, 6.45) is 0.129. The highest BCUT2D eigenvalue weighted by Gasteiger charge is 2.20. The minimum Gasteiger partial charge on any atom is -0.457 e. The van der Waals surface area contributed by atoms with Gasteiger partial charge in [-0.25, -0.2) is 13.4 Å². The Bertz CT molecular complexity index is 1130. The molecule has 0 aliphatic carbocycles. The summed E-state index contributed by atoms with van der Waals surface area (Å²) in [6, 6.07) is 15.4. The number of nitrogens with one attached hydrogen (secondary N) is 1. The van der Waals surface area contributed by atoms with Gasteiger partial charge in [0.25, 0.3) is 10.0 Å². The lowest BCUT2D eigenvalue weighted by molar-refractivity contribution is -0.134. The SMILES string of the molecule is O=C(Cc1csc(NS(=O)(=O)c2ccc(Oc3ccccc3)cc2)n1)N1CCOCC1. The molecule has 0 atom stereocenters. The molecule has 162 valence electrons. The molecule has 1 aliphatic heterocycles. The van der Waals surface area contributed by atoms with E-state index in [0.717, 1.165) is 11.3 Å². The summed E-state index contributed by atoms with van der Waals surface area (Å²) in [5.41, 5.74) is 0.533. The van der Waals surface area contributed by atoms with E-state index in [0.29, 0.717) is 43.5 Å². The van der Waals surface area contributed by atoms with Gasteiger partial charge < -0.3 is 14.4 Å². The number of thiazole rings is 1. The van der Waals surface area contributed by atoms with Gasteiger partial charge in [-0.05, 0) is 36.4 Å². The van der Waals surface area contributed by atoms with Gasteiger partial charge in [-0.15, -0.1) is 11.3 Å². The zero-order valence-corrected chi connectivity index (χ0v) is 18.2. The first-order valence-corrected chi connectivity index (χ1v) is 12.0. The monoisotopic (exact) mass is 459 g/mol. The molecular weight excluding hydrogens is 438 g/mol. The van der Waals surface area contributed by atoms with Crippen LogP contribution in [0, 0.1) is 0 Å². The van der Waals surface area contributed by atoms with Gasteiger partial charge in [0.15, 0.2) is 5.13 Å². The third-order valence-corrected chi connectivity index (χ3v) is 6.87. The van der Waals surface area contributed by atoms with Crippen LogP contribution in [0.15, 0.2) is 64.9 Å². The molecule has 0 spiro atoms. The molecule has 2 aromatic carbocycles. The first-order chi connectivity index (χ1) is 15.0. The lowest BCUT2D eigenvalue weighted by atomic mass is 10.3. The number of hydrogen-bond acceptors (Lipinski definition) is 7. The van der Waals surface area contributed by atoms with Crippen LogP contribution >= 0.6 is 11.3 Å². The maximum absolute atomic E-state index is 12.7. The molecule has 4 rings (SSSR count). The van der Waals surface area contributed by atoms with E-state index in [2.05, 4.69) is 9.71 Å². The van der Waals surface area contributed by atoms with Gasteiger partial charge in [0.2, 0.25) is 5.91 Å². The number of para-hydroxylation sites is 1. The van der Waals surface area contributed by atoms with E-state index < -0.39 is 10.0 Å². The zero-order valence-electron chi connectivity index (χ0n) is 16.6. The number of aromatic nitrogens is 1. The Kier molecular flexibility index (Phi) is 6.50. The molecule has 10 heteroatoms. The molecule has 0 saturated carbocycles. The topological polar surface area (TPSA) is 97.8 Å². The number of morpholine rings is 1. The molecule has 2 heterocycles. The molecular formula is C21H21N3O5S2.